The number of alkyl halides is 2. The van der Waals surface area contributed by atoms with Gasteiger partial charge in [0.1, 0.15) is 22.1 Å². The number of hydrogen-bond acceptors (Lipinski definition) is 9. The SMILES string of the molecule is Cc1ncc2ccc(-c3nc4c(N5C[C@H](C)N[C@@H](C)C5)cc(S(=O)(=O)NC5(C)CC5)cn4c3-c3nnc(C(F)F)s3)cn12. The normalized spacial score (nSPS) is 20.5. The first kappa shape index (κ1) is 28.3. The monoisotopic (exact) mass is 627 g/mol. The first-order valence-corrected chi connectivity index (χ1v) is 16.4. The van der Waals surface area contributed by atoms with Gasteiger partial charge in [-0.25, -0.2) is 31.9 Å². The van der Waals surface area contributed by atoms with Crippen molar-refractivity contribution in [1.29, 1.82) is 0 Å². The van der Waals surface area contributed by atoms with Gasteiger partial charge in [-0.2, -0.15) is 0 Å². The van der Waals surface area contributed by atoms with Crippen LogP contribution in [-0.2, 0) is 10.0 Å². The van der Waals surface area contributed by atoms with E-state index in [1.165, 1.54) is 6.20 Å². The van der Waals surface area contributed by atoms with Gasteiger partial charge in [0.15, 0.2) is 15.7 Å². The van der Waals surface area contributed by atoms with Crippen LogP contribution in [0.5, 0.6) is 0 Å². The molecule has 0 aromatic carbocycles. The van der Waals surface area contributed by atoms with Crippen LogP contribution in [-0.4, -0.2) is 68.1 Å². The number of anilines is 1. The molecular formula is C28H31F2N9O2S2. The topological polar surface area (TPSA) is 122 Å². The molecule has 6 heterocycles. The van der Waals surface area contributed by atoms with Crippen molar-refractivity contribution in [3.8, 4) is 22.0 Å². The van der Waals surface area contributed by atoms with Gasteiger partial charge in [-0.05, 0) is 58.7 Å². The zero-order chi connectivity index (χ0) is 30.3. The second-order valence-electron chi connectivity index (χ2n) is 11.9. The molecule has 15 heteroatoms. The van der Waals surface area contributed by atoms with E-state index in [0.29, 0.717) is 41.4 Å². The van der Waals surface area contributed by atoms with E-state index in [1.807, 2.05) is 36.6 Å². The van der Waals surface area contributed by atoms with Crippen LogP contribution < -0.4 is 14.9 Å². The summed E-state index contributed by atoms with van der Waals surface area (Å²) < 4.78 is 61.3. The summed E-state index contributed by atoms with van der Waals surface area (Å²) in [5.41, 5.74) is 3.10. The summed E-state index contributed by atoms with van der Waals surface area (Å²) in [5.74, 6) is 0.774. The van der Waals surface area contributed by atoms with Crippen LogP contribution in [0.15, 0.2) is 41.7 Å². The molecular weight excluding hydrogens is 596 g/mol. The largest absolute Gasteiger partial charge is 0.365 e. The molecule has 2 aliphatic rings. The molecule has 43 heavy (non-hydrogen) atoms. The van der Waals surface area contributed by atoms with Gasteiger partial charge >= 0.3 is 0 Å². The first-order chi connectivity index (χ1) is 20.4. The van der Waals surface area contributed by atoms with E-state index in [2.05, 4.69) is 44.0 Å². The van der Waals surface area contributed by atoms with Crippen LogP contribution in [0.1, 0.15) is 50.9 Å². The van der Waals surface area contributed by atoms with Crippen molar-refractivity contribution >= 4 is 38.2 Å². The molecule has 11 nitrogen and oxygen atoms in total. The Balaban J connectivity index is 1.52. The fourth-order valence-electron chi connectivity index (χ4n) is 5.76. The lowest BCUT2D eigenvalue weighted by Gasteiger charge is -2.37. The highest BCUT2D eigenvalue weighted by atomic mass is 32.2. The maximum Gasteiger partial charge on any atom is 0.291 e. The number of nitrogens with zero attached hydrogens (tertiary/aromatic N) is 7. The molecule has 0 unspecified atom stereocenters. The Morgan fingerprint density at radius 1 is 1.12 bits per heavy atom. The van der Waals surface area contributed by atoms with Gasteiger partial charge in [0, 0.05) is 48.7 Å². The molecule has 1 aliphatic heterocycles. The highest BCUT2D eigenvalue weighted by Gasteiger charge is 2.42. The first-order valence-electron chi connectivity index (χ1n) is 14.1. The van der Waals surface area contributed by atoms with Crippen molar-refractivity contribution in [2.45, 2.75) is 69.5 Å². The van der Waals surface area contributed by atoms with E-state index in [0.717, 1.165) is 35.5 Å². The second-order valence-corrected chi connectivity index (χ2v) is 14.6. The Morgan fingerprint density at radius 3 is 2.53 bits per heavy atom. The van der Waals surface area contributed by atoms with E-state index in [9.17, 15) is 17.2 Å². The predicted molar refractivity (Wildman–Crippen MR) is 160 cm³/mol. The standard InChI is InChI=1S/C28H31F2N9O2S2/c1-15-11-37(12-16(2)32-15)21-9-20(43(40,41)36-28(4)7-8-28)14-39-23(26-34-35-27(42-26)24(29)30)22(33-25(21)39)18-5-6-19-10-31-17(3)38(19)13-18/h5-6,9-10,13-16,24,32,36H,7-8,11-12H2,1-4H3/t15-,16-/m0/s1. The zero-order valence-electron chi connectivity index (χ0n) is 24.0. The lowest BCUT2D eigenvalue weighted by Crippen LogP contribution is -2.54. The quantitative estimate of drug-likeness (QED) is 0.272. The summed E-state index contributed by atoms with van der Waals surface area (Å²) in [6.07, 6.45) is 3.88. The summed E-state index contributed by atoms with van der Waals surface area (Å²) in [5, 5.41) is 11.2. The number of aryl methyl sites for hydroxylation is 1. The third-order valence-corrected chi connectivity index (χ3v) is 10.6. The second kappa shape index (κ2) is 10.0. The fraction of sp³-hybridized carbons (Fsp3) is 0.429. The number of rotatable bonds is 7. The Bertz CT molecular complexity index is 1970. The van der Waals surface area contributed by atoms with E-state index >= 15 is 0 Å². The molecule has 1 saturated heterocycles. The average Bonchev–Trinajstić information content (AvgIpc) is 3.29. The van der Waals surface area contributed by atoms with Gasteiger partial charge in [0.2, 0.25) is 10.0 Å². The predicted octanol–water partition coefficient (Wildman–Crippen LogP) is 4.43. The number of imidazole rings is 2. The van der Waals surface area contributed by atoms with Crippen LogP contribution in [0, 0.1) is 6.92 Å². The zero-order valence-corrected chi connectivity index (χ0v) is 25.7. The van der Waals surface area contributed by atoms with Crippen molar-refractivity contribution in [2.75, 3.05) is 18.0 Å². The number of pyridine rings is 2. The van der Waals surface area contributed by atoms with Crippen molar-refractivity contribution in [3.05, 3.63) is 47.6 Å². The van der Waals surface area contributed by atoms with E-state index in [4.69, 9.17) is 4.98 Å². The van der Waals surface area contributed by atoms with Gasteiger partial charge in [-0.1, -0.05) is 11.3 Å². The number of sulfonamides is 1. The van der Waals surface area contributed by atoms with Crippen LogP contribution in [0.2, 0.25) is 0 Å². The van der Waals surface area contributed by atoms with Gasteiger partial charge in [0.05, 0.1) is 17.4 Å². The van der Waals surface area contributed by atoms with Crippen LogP contribution in [0.25, 0.3) is 33.1 Å². The molecule has 1 saturated carbocycles. The highest BCUT2D eigenvalue weighted by molar-refractivity contribution is 7.89. The Hall–Kier alpha value is -3.53. The van der Waals surface area contributed by atoms with E-state index < -0.39 is 27.0 Å². The van der Waals surface area contributed by atoms with Crippen LogP contribution in [0.3, 0.4) is 0 Å². The van der Waals surface area contributed by atoms with Crippen molar-refractivity contribution < 1.29 is 17.2 Å². The van der Waals surface area contributed by atoms with E-state index in [1.54, 1.807) is 16.7 Å². The maximum absolute atomic E-state index is 13.8. The molecule has 2 fully saturated rings. The lowest BCUT2D eigenvalue weighted by atomic mass is 10.1. The van der Waals surface area contributed by atoms with Crippen molar-refractivity contribution in [1.82, 2.24) is 39.0 Å². The van der Waals surface area contributed by atoms with Gasteiger partial charge < -0.3 is 14.6 Å². The molecule has 1 aliphatic carbocycles. The van der Waals surface area contributed by atoms with Gasteiger partial charge in [0.25, 0.3) is 6.43 Å². The number of nitrogens with one attached hydrogen (secondary N) is 2. The molecule has 2 atom stereocenters. The summed E-state index contributed by atoms with van der Waals surface area (Å²) in [7, 11) is -3.93. The number of piperazine rings is 1. The lowest BCUT2D eigenvalue weighted by molar-refractivity contribution is 0.150. The molecule has 5 aromatic heterocycles. The summed E-state index contributed by atoms with van der Waals surface area (Å²) in [6.45, 7) is 9.17. The third kappa shape index (κ3) is 5.07. The van der Waals surface area contributed by atoms with Gasteiger partial charge in [-0.15, -0.1) is 10.2 Å². The molecule has 0 radical (unpaired) electrons. The number of aromatic nitrogens is 6. The minimum atomic E-state index is -3.93. The smallest absolute Gasteiger partial charge is 0.291 e. The molecule has 5 aromatic rings. The van der Waals surface area contributed by atoms with Gasteiger partial charge in [-0.3, -0.25) is 4.40 Å². The molecule has 0 bridgehead atoms. The van der Waals surface area contributed by atoms with E-state index in [-0.39, 0.29) is 22.0 Å². The van der Waals surface area contributed by atoms with Crippen molar-refractivity contribution in [2.24, 2.45) is 0 Å². The van der Waals surface area contributed by atoms with Crippen LogP contribution in [0.4, 0.5) is 14.5 Å². The summed E-state index contributed by atoms with van der Waals surface area (Å²) >= 11 is 0.766. The summed E-state index contributed by atoms with van der Waals surface area (Å²) in [4.78, 5) is 11.7. The molecule has 0 spiro atoms. The number of hydrogen-bond donors (Lipinski definition) is 2. The Morgan fingerprint density at radius 2 is 1.86 bits per heavy atom. The fourth-order valence-corrected chi connectivity index (χ4v) is 7.99. The number of halogens is 2. The average molecular weight is 628 g/mol. The summed E-state index contributed by atoms with van der Waals surface area (Å²) in [6, 6.07) is 5.75. The molecule has 0 amide bonds. The van der Waals surface area contributed by atoms with Crippen molar-refractivity contribution in [3.63, 3.8) is 0 Å². The minimum Gasteiger partial charge on any atom is -0.365 e. The maximum atomic E-state index is 13.8. The molecule has 7 rings (SSSR count). The molecule has 226 valence electrons. The molecule has 2 N–H and O–H groups in total. The highest BCUT2D eigenvalue weighted by Crippen LogP contribution is 2.41. The minimum absolute atomic E-state index is 0.0617. The van der Waals surface area contributed by atoms with Crippen LogP contribution >= 0.6 is 11.3 Å². The third-order valence-electron chi connectivity index (χ3n) is 8.08. The Kier molecular flexibility index (Phi) is 6.57. The number of fused-ring (bicyclic) bond motifs is 2. The Labute approximate surface area is 251 Å².